The maximum Gasteiger partial charge on any atom is 0.305 e. The highest BCUT2D eigenvalue weighted by atomic mass is 16.5. The SMILES string of the molecule is CCCCOC(=O)CCCC(=O)NCc1ccc(C)cc1. The number of hydrogen-bond acceptors (Lipinski definition) is 3. The number of benzene rings is 1. The molecule has 1 N–H and O–H groups in total. The van der Waals surface area contributed by atoms with Gasteiger partial charge in [0.2, 0.25) is 5.91 Å². The molecule has 0 heterocycles. The number of aryl methyl sites for hydroxylation is 1. The van der Waals surface area contributed by atoms with E-state index in [0.29, 0.717) is 32.4 Å². The van der Waals surface area contributed by atoms with Gasteiger partial charge in [-0.3, -0.25) is 9.59 Å². The quantitative estimate of drug-likeness (QED) is 0.562. The molecule has 21 heavy (non-hydrogen) atoms. The summed E-state index contributed by atoms with van der Waals surface area (Å²) < 4.78 is 5.03. The first-order chi connectivity index (χ1) is 10.1. The third kappa shape index (κ3) is 8.12. The van der Waals surface area contributed by atoms with Crippen LogP contribution in [0.1, 0.15) is 50.2 Å². The lowest BCUT2D eigenvalue weighted by atomic mass is 10.1. The molecule has 0 fully saturated rings. The molecule has 4 nitrogen and oxygen atoms in total. The van der Waals surface area contributed by atoms with Crippen molar-refractivity contribution < 1.29 is 14.3 Å². The Kier molecular flexibility index (Phi) is 8.17. The van der Waals surface area contributed by atoms with Crippen molar-refractivity contribution in [3.05, 3.63) is 35.4 Å². The van der Waals surface area contributed by atoms with Crippen molar-refractivity contribution in [2.45, 2.75) is 52.5 Å². The molecule has 0 bridgehead atoms. The van der Waals surface area contributed by atoms with Crippen molar-refractivity contribution in [3.63, 3.8) is 0 Å². The number of hydrogen-bond donors (Lipinski definition) is 1. The van der Waals surface area contributed by atoms with Gasteiger partial charge in [0.1, 0.15) is 0 Å². The van der Waals surface area contributed by atoms with Crippen LogP contribution in [0.3, 0.4) is 0 Å². The van der Waals surface area contributed by atoms with Crippen molar-refractivity contribution in [2.24, 2.45) is 0 Å². The largest absolute Gasteiger partial charge is 0.466 e. The maximum absolute atomic E-state index is 11.7. The van der Waals surface area contributed by atoms with Crippen LogP contribution in [-0.4, -0.2) is 18.5 Å². The number of nitrogens with one attached hydrogen (secondary N) is 1. The Morgan fingerprint density at radius 3 is 2.48 bits per heavy atom. The zero-order chi connectivity index (χ0) is 15.5. The molecule has 0 aromatic heterocycles. The third-order valence-electron chi connectivity index (χ3n) is 3.16. The van der Waals surface area contributed by atoms with Crippen molar-refractivity contribution >= 4 is 11.9 Å². The molecule has 0 unspecified atom stereocenters. The van der Waals surface area contributed by atoms with E-state index < -0.39 is 0 Å². The van der Waals surface area contributed by atoms with Gasteiger partial charge in [0.15, 0.2) is 0 Å². The van der Waals surface area contributed by atoms with Gasteiger partial charge in [-0.25, -0.2) is 0 Å². The van der Waals surface area contributed by atoms with Crippen molar-refractivity contribution in [1.82, 2.24) is 5.32 Å². The standard InChI is InChI=1S/C17H25NO3/c1-3-4-12-21-17(20)7-5-6-16(19)18-13-15-10-8-14(2)9-11-15/h8-11H,3-7,12-13H2,1-2H3,(H,18,19). The summed E-state index contributed by atoms with van der Waals surface area (Å²) in [5.74, 6) is -0.244. The lowest BCUT2D eigenvalue weighted by Crippen LogP contribution is -2.22. The van der Waals surface area contributed by atoms with E-state index in [9.17, 15) is 9.59 Å². The summed E-state index contributed by atoms with van der Waals surface area (Å²) in [6.45, 7) is 5.09. The van der Waals surface area contributed by atoms with Crippen LogP contribution in [0, 0.1) is 6.92 Å². The number of esters is 1. The van der Waals surface area contributed by atoms with Gasteiger partial charge < -0.3 is 10.1 Å². The Morgan fingerprint density at radius 1 is 1.10 bits per heavy atom. The van der Waals surface area contributed by atoms with Crippen LogP contribution in [0.4, 0.5) is 0 Å². The minimum absolute atomic E-state index is 0.0306. The average Bonchev–Trinajstić information content (AvgIpc) is 2.47. The smallest absolute Gasteiger partial charge is 0.305 e. The molecule has 1 rings (SSSR count). The summed E-state index contributed by atoms with van der Waals surface area (Å²) in [5, 5.41) is 2.85. The molecule has 0 saturated heterocycles. The van der Waals surface area contributed by atoms with Crippen LogP contribution >= 0.6 is 0 Å². The Bertz CT molecular complexity index is 440. The molecule has 0 radical (unpaired) electrons. The summed E-state index contributed by atoms with van der Waals surface area (Å²) in [4.78, 5) is 23.0. The second-order valence-corrected chi connectivity index (χ2v) is 5.19. The lowest BCUT2D eigenvalue weighted by Gasteiger charge is -2.06. The molecule has 116 valence electrons. The van der Waals surface area contributed by atoms with E-state index in [1.54, 1.807) is 0 Å². The van der Waals surface area contributed by atoms with E-state index >= 15 is 0 Å². The monoisotopic (exact) mass is 291 g/mol. The highest BCUT2D eigenvalue weighted by molar-refractivity contribution is 5.77. The topological polar surface area (TPSA) is 55.4 Å². The summed E-state index contributed by atoms with van der Waals surface area (Å²) >= 11 is 0. The Hall–Kier alpha value is -1.84. The van der Waals surface area contributed by atoms with E-state index in [-0.39, 0.29) is 11.9 Å². The number of unbranched alkanes of at least 4 members (excludes halogenated alkanes) is 1. The van der Waals surface area contributed by atoms with Crippen LogP contribution in [0.25, 0.3) is 0 Å². The predicted molar refractivity (Wildman–Crippen MR) is 82.7 cm³/mol. The predicted octanol–water partition coefficient (Wildman–Crippen LogP) is 3.12. The van der Waals surface area contributed by atoms with E-state index in [1.807, 2.05) is 38.1 Å². The van der Waals surface area contributed by atoms with Gasteiger partial charge in [-0.1, -0.05) is 43.2 Å². The van der Waals surface area contributed by atoms with Crippen molar-refractivity contribution in [3.8, 4) is 0 Å². The van der Waals surface area contributed by atoms with Crippen LogP contribution in [-0.2, 0) is 20.9 Å². The average molecular weight is 291 g/mol. The molecule has 0 saturated carbocycles. The second kappa shape index (κ2) is 9.97. The van der Waals surface area contributed by atoms with Gasteiger partial charge >= 0.3 is 5.97 Å². The fourth-order valence-electron chi connectivity index (χ4n) is 1.79. The number of ether oxygens (including phenoxy) is 1. The minimum Gasteiger partial charge on any atom is -0.466 e. The van der Waals surface area contributed by atoms with Crippen LogP contribution in [0.2, 0.25) is 0 Å². The fraction of sp³-hybridized carbons (Fsp3) is 0.529. The van der Waals surface area contributed by atoms with E-state index in [0.717, 1.165) is 18.4 Å². The minimum atomic E-state index is -0.213. The maximum atomic E-state index is 11.7. The third-order valence-corrected chi connectivity index (χ3v) is 3.16. The van der Waals surface area contributed by atoms with Crippen molar-refractivity contribution in [2.75, 3.05) is 6.61 Å². The number of carbonyl (C=O) groups excluding carboxylic acids is 2. The number of carbonyl (C=O) groups is 2. The van der Waals surface area contributed by atoms with E-state index in [1.165, 1.54) is 5.56 Å². The van der Waals surface area contributed by atoms with Gasteiger partial charge in [-0.05, 0) is 25.3 Å². The summed E-state index contributed by atoms with van der Waals surface area (Å²) in [7, 11) is 0. The first-order valence-corrected chi connectivity index (χ1v) is 7.59. The molecule has 4 heteroatoms. The molecule has 0 aliphatic rings. The zero-order valence-electron chi connectivity index (χ0n) is 13.0. The van der Waals surface area contributed by atoms with Crippen LogP contribution in [0.5, 0.6) is 0 Å². The van der Waals surface area contributed by atoms with Gasteiger partial charge in [-0.15, -0.1) is 0 Å². The highest BCUT2D eigenvalue weighted by Crippen LogP contribution is 2.03. The molecule has 1 aromatic carbocycles. The molecule has 0 aliphatic heterocycles. The summed E-state index contributed by atoms with van der Waals surface area (Å²) in [6.07, 6.45) is 3.10. The van der Waals surface area contributed by atoms with E-state index in [2.05, 4.69) is 5.32 Å². The zero-order valence-corrected chi connectivity index (χ0v) is 13.0. The molecule has 1 amide bonds. The molecular formula is C17H25NO3. The molecule has 1 aromatic rings. The molecule has 0 atom stereocenters. The first-order valence-electron chi connectivity index (χ1n) is 7.59. The Balaban J connectivity index is 2.11. The molecule has 0 spiro atoms. The Labute approximate surface area is 126 Å². The number of amides is 1. The first kappa shape index (κ1) is 17.2. The molecule has 0 aliphatic carbocycles. The highest BCUT2D eigenvalue weighted by Gasteiger charge is 2.06. The fourth-order valence-corrected chi connectivity index (χ4v) is 1.79. The van der Waals surface area contributed by atoms with Crippen LogP contribution < -0.4 is 5.32 Å². The second-order valence-electron chi connectivity index (χ2n) is 5.19. The van der Waals surface area contributed by atoms with Gasteiger partial charge in [0.25, 0.3) is 0 Å². The normalized spacial score (nSPS) is 10.2. The van der Waals surface area contributed by atoms with E-state index in [4.69, 9.17) is 4.74 Å². The van der Waals surface area contributed by atoms with Gasteiger partial charge in [0.05, 0.1) is 6.61 Å². The Morgan fingerprint density at radius 2 is 1.81 bits per heavy atom. The number of rotatable bonds is 9. The lowest BCUT2D eigenvalue weighted by molar-refractivity contribution is -0.143. The van der Waals surface area contributed by atoms with Gasteiger partial charge in [0, 0.05) is 19.4 Å². The van der Waals surface area contributed by atoms with Gasteiger partial charge in [-0.2, -0.15) is 0 Å². The summed E-state index contributed by atoms with van der Waals surface area (Å²) in [5.41, 5.74) is 2.28. The van der Waals surface area contributed by atoms with Crippen molar-refractivity contribution in [1.29, 1.82) is 0 Å². The molecular weight excluding hydrogens is 266 g/mol. The van der Waals surface area contributed by atoms with Crippen LogP contribution in [0.15, 0.2) is 24.3 Å². The summed E-state index contributed by atoms with van der Waals surface area (Å²) in [6, 6.07) is 8.04.